The molecule has 3 aromatic rings. The maximum absolute atomic E-state index is 13.1. The molecule has 0 bridgehead atoms. The summed E-state index contributed by atoms with van der Waals surface area (Å²) in [5.41, 5.74) is 1.94. The third-order valence-corrected chi connectivity index (χ3v) is 5.61. The molecule has 0 radical (unpaired) electrons. The first kappa shape index (κ1) is 19.5. The van der Waals surface area contributed by atoms with E-state index in [-0.39, 0.29) is 20.6 Å². The zero-order valence-electron chi connectivity index (χ0n) is 15.1. The molecule has 3 rings (SSSR count). The van der Waals surface area contributed by atoms with Gasteiger partial charge in [0.05, 0.1) is 0 Å². The summed E-state index contributed by atoms with van der Waals surface area (Å²) in [6, 6.07) is 20.3. The molecule has 0 N–H and O–H groups in total. The molecule has 0 saturated heterocycles. The number of nitrogens with zero attached hydrogens (tertiary/aromatic N) is 1. The molecule has 0 amide bonds. The molecular weight excluding hydrogens is 377 g/mol. The lowest BCUT2D eigenvalue weighted by Gasteiger charge is -2.09. The molecular formula is C22H18FNO3S. The summed E-state index contributed by atoms with van der Waals surface area (Å²) in [6.07, 6.45) is 2.98. The smallest absolute Gasteiger partial charge is 0.405 e. The minimum Gasteiger partial charge on any atom is -0.607 e. The fourth-order valence-electron chi connectivity index (χ4n) is 2.56. The monoisotopic (exact) mass is 395 g/mol. The fraction of sp³-hybridized carbons (Fsp3) is 0.0455. The van der Waals surface area contributed by atoms with E-state index in [9.17, 15) is 18.0 Å². The van der Waals surface area contributed by atoms with E-state index in [1.54, 1.807) is 48.5 Å². The Balaban J connectivity index is 2.11. The van der Waals surface area contributed by atoms with Crippen LogP contribution in [0.3, 0.4) is 0 Å². The lowest BCUT2D eigenvalue weighted by Crippen LogP contribution is -2.23. The molecule has 0 aromatic heterocycles. The molecule has 0 fully saturated rings. The van der Waals surface area contributed by atoms with Crippen molar-refractivity contribution in [2.75, 3.05) is 0 Å². The first-order valence-electron chi connectivity index (χ1n) is 8.53. The summed E-state index contributed by atoms with van der Waals surface area (Å²) in [5.74, 6) is -0.378. The van der Waals surface area contributed by atoms with Gasteiger partial charge in [-0.05, 0) is 55.0 Å². The zero-order valence-corrected chi connectivity index (χ0v) is 15.9. The molecule has 0 spiro atoms. The van der Waals surface area contributed by atoms with Crippen molar-refractivity contribution >= 4 is 21.8 Å². The molecule has 4 nitrogen and oxygen atoms in total. The van der Waals surface area contributed by atoms with Gasteiger partial charge in [0.15, 0.2) is 0 Å². The fourth-order valence-corrected chi connectivity index (χ4v) is 3.65. The van der Waals surface area contributed by atoms with Gasteiger partial charge in [0.25, 0.3) is 0 Å². The summed E-state index contributed by atoms with van der Waals surface area (Å²) in [5, 5.41) is 12.9. The van der Waals surface area contributed by atoms with Crippen molar-refractivity contribution in [3.63, 3.8) is 0 Å². The van der Waals surface area contributed by atoms with Crippen LogP contribution in [-0.2, 0) is 10.0 Å². The van der Waals surface area contributed by atoms with Crippen LogP contribution < -0.4 is 0 Å². The number of hydrogen-bond donors (Lipinski definition) is 0. The minimum absolute atomic E-state index is 0.0209. The number of halogens is 1. The normalized spacial score (nSPS) is 12.8. The SMILES string of the molecule is Cc1ccc(S(=O)(=O)/[N+]([O-])=C(/C=C/c2ccc(F)cc2)c2ccccc2)cc1. The van der Waals surface area contributed by atoms with E-state index in [0.717, 1.165) is 5.56 Å². The van der Waals surface area contributed by atoms with Crippen LogP contribution in [-0.4, -0.2) is 18.3 Å². The van der Waals surface area contributed by atoms with Crippen LogP contribution in [0.5, 0.6) is 0 Å². The predicted octanol–water partition coefficient (Wildman–Crippen LogP) is 4.54. The lowest BCUT2D eigenvalue weighted by atomic mass is 10.1. The average Bonchev–Trinajstić information content (AvgIpc) is 2.70. The summed E-state index contributed by atoms with van der Waals surface area (Å²) in [4.78, 5) is -0.0864. The first-order valence-corrected chi connectivity index (χ1v) is 9.97. The Morgan fingerprint density at radius 3 is 2.14 bits per heavy atom. The van der Waals surface area contributed by atoms with Gasteiger partial charge in [0.2, 0.25) is 5.71 Å². The molecule has 28 heavy (non-hydrogen) atoms. The summed E-state index contributed by atoms with van der Waals surface area (Å²) >= 11 is 0. The van der Waals surface area contributed by atoms with Crippen molar-refractivity contribution in [3.05, 3.63) is 113 Å². The van der Waals surface area contributed by atoms with Crippen LogP contribution in [0.4, 0.5) is 4.39 Å². The Bertz CT molecular complexity index is 1120. The topological polar surface area (TPSA) is 60.2 Å². The van der Waals surface area contributed by atoms with Crippen molar-refractivity contribution < 1.29 is 17.0 Å². The van der Waals surface area contributed by atoms with Gasteiger partial charge < -0.3 is 5.21 Å². The summed E-state index contributed by atoms with van der Waals surface area (Å²) in [6.45, 7) is 1.83. The molecule has 0 aliphatic carbocycles. The van der Waals surface area contributed by atoms with Crippen molar-refractivity contribution in [2.45, 2.75) is 11.8 Å². The van der Waals surface area contributed by atoms with Gasteiger partial charge in [-0.1, -0.05) is 52.2 Å². The first-order chi connectivity index (χ1) is 13.4. The van der Waals surface area contributed by atoms with Gasteiger partial charge in [-0.3, -0.25) is 0 Å². The van der Waals surface area contributed by atoms with E-state index in [1.165, 1.54) is 42.5 Å². The number of allylic oxidation sites excluding steroid dienone is 1. The molecule has 0 aliphatic rings. The van der Waals surface area contributed by atoms with Gasteiger partial charge in [-0.2, -0.15) is 8.42 Å². The second-order valence-corrected chi connectivity index (χ2v) is 7.93. The van der Waals surface area contributed by atoms with Crippen molar-refractivity contribution in [1.29, 1.82) is 0 Å². The average molecular weight is 395 g/mol. The highest BCUT2D eigenvalue weighted by molar-refractivity contribution is 7.85. The van der Waals surface area contributed by atoms with Gasteiger partial charge in [0.1, 0.15) is 10.7 Å². The highest BCUT2D eigenvalue weighted by atomic mass is 32.2. The van der Waals surface area contributed by atoms with E-state index in [0.29, 0.717) is 11.1 Å². The second-order valence-electron chi connectivity index (χ2n) is 6.18. The largest absolute Gasteiger partial charge is 0.607 e. The van der Waals surface area contributed by atoms with Crippen LogP contribution in [0, 0.1) is 17.9 Å². The molecule has 6 heteroatoms. The molecule has 142 valence electrons. The van der Waals surface area contributed by atoms with Crippen LogP contribution in [0.25, 0.3) is 6.08 Å². The van der Waals surface area contributed by atoms with Crippen molar-refractivity contribution in [1.82, 2.24) is 0 Å². The number of aryl methyl sites for hydroxylation is 1. The van der Waals surface area contributed by atoms with Gasteiger partial charge in [0, 0.05) is 11.6 Å². The highest BCUT2D eigenvalue weighted by Crippen LogP contribution is 2.16. The Morgan fingerprint density at radius 2 is 1.54 bits per heavy atom. The highest BCUT2D eigenvalue weighted by Gasteiger charge is 2.26. The molecule has 0 aliphatic heterocycles. The third-order valence-electron chi connectivity index (χ3n) is 4.11. The molecule has 0 unspecified atom stereocenters. The molecule has 0 atom stereocenters. The minimum atomic E-state index is -4.28. The number of hydrogen-bond acceptors (Lipinski definition) is 3. The van der Waals surface area contributed by atoms with Crippen LogP contribution in [0.15, 0.2) is 89.8 Å². The second kappa shape index (κ2) is 8.19. The Morgan fingerprint density at radius 1 is 0.929 bits per heavy atom. The van der Waals surface area contributed by atoms with E-state index in [1.807, 2.05) is 6.92 Å². The van der Waals surface area contributed by atoms with Crippen molar-refractivity contribution in [2.24, 2.45) is 0 Å². The predicted molar refractivity (Wildman–Crippen MR) is 108 cm³/mol. The Kier molecular flexibility index (Phi) is 5.70. The Hall–Kier alpha value is -3.25. The van der Waals surface area contributed by atoms with Gasteiger partial charge in [-0.25, -0.2) is 4.39 Å². The summed E-state index contributed by atoms with van der Waals surface area (Å²) < 4.78 is 38.8. The van der Waals surface area contributed by atoms with Gasteiger partial charge >= 0.3 is 10.0 Å². The van der Waals surface area contributed by atoms with E-state index >= 15 is 0 Å². The van der Waals surface area contributed by atoms with E-state index < -0.39 is 10.0 Å². The van der Waals surface area contributed by atoms with E-state index in [2.05, 4.69) is 0 Å². The standard InChI is InChI=1S/C22H18FNO3S/c1-17-7-14-21(15-8-17)28(26,27)24(25)22(19-5-3-2-4-6-19)16-11-18-9-12-20(23)13-10-18/h2-16H,1H3/b16-11+,24-22-. The third kappa shape index (κ3) is 4.35. The van der Waals surface area contributed by atoms with Crippen LogP contribution in [0.2, 0.25) is 0 Å². The lowest BCUT2D eigenvalue weighted by molar-refractivity contribution is -0.278. The maximum Gasteiger partial charge on any atom is 0.405 e. The molecule has 0 heterocycles. The van der Waals surface area contributed by atoms with E-state index in [4.69, 9.17) is 0 Å². The van der Waals surface area contributed by atoms with Gasteiger partial charge in [-0.15, -0.1) is 0 Å². The number of benzene rings is 3. The molecule has 0 saturated carbocycles. The maximum atomic E-state index is 13.1. The summed E-state index contributed by atoms with van der Waals surface area (Å²) in [7, 11) is -4.28. The Labute approximate surface area is 163 Å². The van der Waals surface area contributed by atoms with Crippen LogP contribution >= 0.6 is 0 Å². The molecule has 3 aromatic carbocycles. The van der Waals surface area contributed by atoms with Crippen LogP contribution in [0.1, 0.15) is 16.7 Å². The number of rotatable bonds is 5. The van der Waals surface area contributed by atoms with Crippen molar-refractivity contribution in [3.8, 4) is 0 Å². The number of sulfonamides is 1. The quantitative estimate of drug-likeness (QED) is 0.276. The zero-order chi connectivity index (χ0) is 20.1.